The Hall–Kier alpha value is 0.0600. The number of thioether (sulfide) groups is 1. The molecule has 6 heteroatoms. The highest BCUT2D eigenvalue weighted by Gasteiger charge is 2.46. The van der Waals surface area contributed by atoms with Crippen LogP contribution in [0.25, 0.3) is 0 Å². The molecule has 1 heterocycles. The van der Waals surface area contributed by atoms with Gasteiger partial charge in [-0.1, -0.05) is 6.92 Å². The monoisotopic (exact) mass is 242 g/mol. The van der Waals surface area contributed by atoms with Gasteiger partial charge in [-0.25, -0.2) is 0 Å². The molecule has 1 aliphatic heterocycles. The third-order valence-electron chi connectivity index (χ3n) is 2.65. The first-order valence-electron chi connectivity index (χ1n) is 5.11. The van der Waals surface area contributed by atoms with Gasteiger partial charge in [-0.2, -0.15) is 24.9 Å². The van der Waals surface area contributed by atoms with Crippen molar-refractivity contribution in [3.63, 3.8) is 0 Å². The third-order valence-corrected chi connectivity index (χ3v) is 3.59. The summed E-state index contributed by atoms with van der Waals surface area (Å²) < 4.78 is 38.4. The topological polar surface area (TPSA) is 29.3 Å². The van der Waals surface area contributed by atoms with Crippen LogP contribution in [-0.2, 0) is 0 Å². The van der Waals surface area contributed by atoms with E-state index in [-0.39, 0.29) is 0 Å². The molecule has 2 atom stereocenters. The van der Waals surface area contributed by atoms with Crippen LogP contribution in [0.1, 0.15) is 13.3 Å². The number of rotatable bonds is 3. The molecule has 1 saturated heterocycles. The Morgan fingerprint density at radius 3 is 2.27 bits per heavy atom. The number of hydrogen-bond donors (Lipinski definition) is 1. The summed E-state index contributed by atoms with van der Waals surface area (Å²) in [5.74, 6) is 1.53. The van der Waals surface area contributed by atoms with E-state index in [2.05, 4.69) is 0 Å². The van der Waals surface area contributed by atoms with Gasteiger partial charge < -0.3 is 5.73 Å². The average molecular weight is 242 g/mol. The van der Waals surface area contributed by atoms with Crippen LogP contribution < -0.4 is 5.73 Å². The lowest BCUT2D eigenvalue weighted by molar-refractivity contribution is -0.188. The van der Waals surface area contributed by atoms with Crippen LogP contribution in [0.5, 0.6) is 0 Å². The summed E-state index contributed by atoms with van der Waals surface area (Å²) in [4.78, 5) is 1.48. The lowest BCUT2D eigenvalue weighted by Crippen LogP contribution is -2.57. The third kappa shape index (κ3) is 3.53. The second kappa shape index (κ2) is 5.41. The van der Waals surface area contributed by atoms with E-state index in [1.807, 2.05) is 0 Å². The van der Waals surface area contributed by atoms with E-state index in [0.29, 0.717) is 19.5 Å². The second-order valence-corrected chi connectivity index (χ2v) is 4.93. The van der Waals surface area contributed by atoms with E-state index in [9.17, 15) is 13.2 Å². The Morgan fingerprint density at radius 1 is 1.33 bits per heavy atom. The highest BCUT2D eigenvalue weighted by Crippen LogP contribution is 2.29. The molecule has 0 radical (unpaired) electrons. The van der Waals surface area contributed by atoms with Gasteiger partial charge in [0.05, 0.1) is 0 Å². The summed E-state index contributed by atoms with van der Waals surface area (Å²) >= 11 is 1.70. The van der Waals surface area contributed by atoms with Crippen molar-refractivity contribution in [3.8, 4) is 0 Å². The van der Waals surface area contributed by atoms with Crippen LogP contribution in [0.4, 0.5) is 13.2 Å². The largest absolute Gasteiger partial charge is 0.405 e. The molecule has 0 saturated carbocycles. The van der Waals surface area contributed by atoms with Crippen molar-refractivity contribution in [3.05, 3.63) is 0 Å². The Bertz CT molecular complexity index is 192. The van der Waals surface area contributed by atoms with Crippen LogP contribution in [-0.4, -0.2) is 47.8 Å². The van der Waals surface area contributed by atoms with Crippen molar-refractivity contribution in [1.29, 1.82) is 0 Å². The normalized spacial score (nSPS) is 23.8. The quantitative estimate of drug-likeness (QED) is 0.817. The van der Waals surface area contributed by atoms with Gasteiger partial charge in [0.15, 0.2) is 0 Å². The number of alkyl halides is 3. The van der Waals surface area contributed by atoms with Gasteiger partial charge in [-0.05, 0) is 6.42 Å². The van der Waals surface area contributed by atoms with E-state index in [1.165, 1.54) is 4.90 Å². The molecule has 1 aliphatic rings. The van der Waals surface area contributed by atoms with E-state index >= 15 is 0 Å². The fraction of sp³-hybridized carbons (Fsp3) is 1.00. The summed E-state index contributed by atoms with van der Waals surface area (Å²) in [6, 6.07) is -2.28. The van der Waals surface area contributed by atoms with Crippen molar-refractivity contribution in [2.24, 2.45) is 5.73 Å². The van der Waals surface area contributed by atoms with Gasteiger partial charge in [0.2, 0.25) is 0 Å². The molecular formula is C9H17F3N2S. The zero-order valence-corrected chi connectivity index (χ0v) is 9.57. The molecule has 15 heavy (non-hydrogen) atoms. The Labute approximate surface area is 92.4 Å². The maximum Gasteiger partial charge on any atom is 0.405 e. The van der Waals surface area contributed by atoms with Gasteiger partial charge in [0.1, 0.15) is 6.04 Å². The van der Waals surface area contributed by atoms with Crippen molar-refractivity contribution in [2.75, 3.05) is 24.6 Å². The summed E-state index contributed by atoms with van der Waals surface area (Å²) in [6.45, 7) is 2.67. The zero-order chi connectivity index (χ0) is 11.5. The first kappa shape index (κ1) is 13.1. The minimum atomic E-state index is -4.21. The lowest BCUT2D eigenvalue weighted by Gasteiger charge is -2.38. The Kier molecular flexibility index (Phi) is 4.73. The summed E-state index contributed by atoms with van der Waals surface area (Å²) in [5.41, 5.74) is 5.57. The summed E-state index contributed by atoms with van der Waals surface area (Å²) in [5, 5.41) is 0. The lowest BCUT2D eigenvalue weighted by atomic mass is 10.0. The highest BCUT2D eigenvalue weighted by atomic mass is 32.2. The maximum atomic E-state index is 12.8. The highest BCUT2D eigenvalue weighted by molar-refractivity contribution is 7.99. The van der Waals surface area contributed by atoms with Crippen molar-refractivity contribution >= 4 is 11.8 Å². The SMILES string of the molecule is CCC(N)C(N1CCSCC1)C(F)(F)F. The minimum absolute atomic E-state index is 0.355. The zero-order valence-electron chi connectivity index (χ0n) is 8.76. The molecule has 0 bridgehead atoms. The number of halogens is 3. The van der Waals surface area contributed by atoms with Gasteiger partial charge in [0, 0.05) is 30.6 Å². The second-order valence-electron chi connectivity index (χ2n) is 3.71. The standard InChI is InChI=1S/C9H17F3N2S/c1-2-7(13)8(9(10,11)12)14-3-5-15-6-4-14/h7-8H,2-6,13H2,1H3. The minimum Gasteiger partial charge on any atom is -0.326 e. The summed E-state index contributed by atoms with van der Waals surface area (Å²) in [6.07, 6.45) is -3.86. The molecule has 0 aromatic heterocycles. The molecule has 0 aliphatic carbocycles. The number of nitrogens with zero attached hydrogens (tertiary/aromatic N) is 1. The first-order valence-corrected chi connectivity index (χ1v) is 6.26. The van der Waals surface area contributed by atoms with Crippen LogP contribution in [0.15, 0.2) is 0 Å². The van der Waals surface area contributed by atoms with Gasteiger partial charge in [-0.15, -0.1) is 0 Å². The van der Waals surface area contributed by atoms with E-state index in [4.69, 9.17) is 5.73 Å². The molecule has 1 rings (SSSR count). The van der Waals surface area contributed by atoms with Crippen LogP contribution in [0, 0.1) is 0 Å². The molecule has 1 fully saturated rings. The van der Waals surface area contributed by atoms with E-state index in [1.54, 1.807) is 18.7 Å². The number of nitrogens with two attached hydrogens (primary N) is 1. The number of hydrogen-bond acceptors (Lipinski definition) is 3. The molecule has 0 aromatic rings. The van der Waals surface area contributed by atoms with Crippen LogP contribution in [0.3, 0.4) is 0 Å². The smallest absolute Gasteiger partial charge is 0.326 e. The molecule has 0 aromatic carbocycles. The molecule has 0 spiro atoms. The van der Waals surface area contributed by atoms with Crippen molar-refractivity contribution < 1.29 is 13.2 Å². The summed E-state index contributed by atoms with van der Waals surface area (Å²) in [7, 11) is 0. The molecular weight excluding hydrogens is 225 g/mol. The van der Waals surface area contributed by atoms with Crippen molar-refractivity contribution in [1.82, 2.24) is 4.90 Å². The fourth-order valence-corrected chi connectivity index (χ4v) is 2.73. The predicted molar refractivity (Wildman–Crippen MR) is 57.0 cm³/mol. The van der Waals surface area contributed by atoms with E-state index < -0.39 is 18.3 Å². The molecule has 0 amide bonds. The fourth-order valence-electron chi connectivity index (χ4n) is 1.80. The Morgan fingerprint density at radius 2 is 1.87 bits per heavy atom. The first-order chi connectivity index (χ1) is 6.96. The van der Waals surface area contributed by atoms with Gasteiger partial charge >= 0.3 is 6.18 Å². The molecule has 90 valence electrons. The predicted octanol–water partition coefficient (Wildman–Crippen LogP) is 1.70. The van der Waals surface area contributed by atoms with Crippen molar-refractivity contribution in [2.45, 2.75) is 31.6 Å². The van der Waals surface area contributed by atoms with Crippen LogP contribution in [0.2, 0.25) is 0 Å². The molecule has 2 N–H and O–H groups in total. The van der Waals surface area contributed by atoms with E-state index in [0.717, 1.165) is 11.5 Å². The van der Waals surface area contributed by atoms with Gasteiger partial charge in [0.25, 0.3) is 0 Å². The van der Waals surface area contributed by atoms with Gasteiger partial charge in [-0.3, -0.25) is 4.90 Å². The maximum absolute atomic E-state index is 12.8. The molecule has 2 nitrogen and oxygen atoms in total. The molecule has 2 unspecified atom stereocenters. The average Bonchev–Trinajstić information content (AvgIpc) is 2.17. The van der Waals surface area contributed by atoms with Crippen LogP contribution >= 0.6 is 11.8 Å². The Balaban J connectivity index is 2.70.